The Labute approximate surface area is 183 Å². The summed E-state index contributed by atoms with van der Waals surface area (Å²) in [5.74, 6) is -0.229. The summed E-state index contributed by atoms with van der Waals surface area (Å²) >= 11 is 0. The molecule has 3 aromatic rings. The topological polar surface area (TPSA) is 35.6 Å². The van der Waals surface area contributed by atoms with E-state index in [4.69, 9.17) is 0 Å². The maximum absolute atomic E-state index is 13.5. The van der Waals surface area contributed by atoms with Gasteiger partial charge in [0, 0.05) is 32.7 Å². The molecule has 0 aliphatic carbocycles. The first-order valence-corrected chi connectivity index (χ1v) is 10.8. The Balaban J connectivity index is 1.36. The van der Waals surface area contributed by atoms with Crippen LogP contribution in [0, 0.1) is 5.82 Å². The Hall–Kier alpha value is -3.18. The van der Waals surface area contributed by atoms with Gasteiger partial charge in [0.2, 0.25) is 0 Å². The van der Waals surface area contributed by atoms with E-state index in [1.807, 2.05) is 53.4 Å². The van der Waals surface area contributed by atoms with Crippen LogP contribution in [0.5, 0.6) is 0 Å². The molecule has 160 valence electrons. The molecule has 1 saturated heterocycles. The van der Waals surface area contributed by atoms with Crippen molar-refractivity contribution in [2.24, 2.45) is 0 Å². The van der Waals surface area contributed by atoms with Gasteiger partial charge in [-0.1, -0.05) is 72.8 Å². The second-order valence-corrected chi connectivity index (χ2v) is 7.86. The fourth-order valence-corrected chi connectivity index (χ4v) is 4.15. The first-order chi connectivity index (χ1) is 15.2. The van der Waals surface area contributed by atoms with Crippen LogP contribution in [-0.4, -0.2) is 48.6 Å². The minimum absolute atomic E-state index is 0.00590. The summed E-state index contributed by atoms with van der Waals surface area (Å²) in [6.45, 7) is 3.50. The molecule has 1 N–H and O–H groups in total. The van der Waals surface area contributed by atoms with Crippen molar-refractivity contribution < 1.29 is 9.18 Å². The molecule has 1 atom stereocenters. The fourth-order valence-electron chi connectivity index (χ4n) is 4.15. The quantitative estimate of drug-likeness (QED) is 0.642. The van der Waals surface area contributed by atoms with Gasteiger partial charge in [0.25, 0.3) is 0 Å². The maximum atomic E-state index is 13.5. The lowest BCUT2D eigenvalue weighted by atomic mass is 9.96. The monoisotopic (exact) mass is 417 g/mol. The van der Waals surface area contributed by atoms with Gasteiger partial charge in [-0.3, -0.25) is 4.90 Å². The second-order valence-electron chi connectivity index (χ2n) is 7.86. The van der Waals surface area contributed by atoms with E-state index >= 15 is 0 Å². The number of nitrogens with zero attached hydrogens (tertiary/aromatic N) is 2. The molecule has 1 fully saturated rings. The summed E-state index contributed by atoms with van der Waals surface area (Å²) in [5, 5.41) is 3.04. The Morgan fingerprint density at radius 2 is 1.39 bits per heavy atom. The van der Waals surface area contributed by atoms with Crippen molar-refractivity contribution in [1.82, 2.24) is 15.1 Å². The zero-order valence-corrected chi connectivity index (χ0v) is 17.6. The molecule has 1 aliphatic heterocycles. The minimum atomic E-state index is -0.229. The molecular weight excluding hydrogens is 389 g/mol. The SMILES string of the molecule is O=C(NCCc1ccccc1)N1CCN(C(c2ccccc2)c2ccc(F)cc2)CC1. The van der Waals surface area contributed by atoms with Crippen LogP contribution in [0.2, 0.25) is 0 Å². The summed E-state index contributed by atoms with van der Waals surface area (Å²) in [6, 6.07) is 27.2. The lowest BCUT2D eigenvalue weighted by Gasteiger charge is -2.39. The third-order valence-electron chi connectivity index (χ3n) is 5.80. The summed E-state index contributed by atoms with van der Waals surface area (Å²) in [7, 11) is 0. The Morgan fingerprint density at radius 3 is 2.03 bits per heavy atom. The highest BCUT2D eigenvalue weighted by atomic mass is 19.1. The highest BCUT2D eigenvalue weighted by Crippen LogP contribution is 2.29. The molecule has 2 amide bonds. The van der Waals surface area contributed by atoms with Crippen LogP contribution >= 0.6 is 0 Å². The standard InChI is InChI=1S/C26H28FN3O/c27-24-13-11-23(12-14-24)25(22-9-5-2-6-10-22)29-17-19-30(20-18-29)26(31)28-16-15-21-7-3-1-4-8-21/h1-14,25H,15-20H2,(H,28,31). The van der Waals surface area contributed by atoms with Gasteiger partial charge >= 0.3 is 6.03 Å². The number of halogens is 1. The van der Waals surface area contributed by atoms with Gasteiger partial charge < -0.3 is 10.2 Å². The molecule has 1 heterocycles. The summed E-state index contributed by atoms with van der Waals surface area (Å²) in [6.07, 6.45) is 0.827. The second kappa shape index (κ2) is 10.2. The summed E-state index contributed by atoms with van der Waals surface area (Å²) < 4.78 is 13.5. The highest BCUT2D eigenvalue weighted by Gasteiger charge is 2.28. The Bertz CT molecular complexity index is 955. The normalized spacial score (nSPS) is 15.5. The molecule has 0 saturated carbocycles. The fraction of sp³-hybridized carbons (Fsp3) is 0.269. The smallest absolute Gasteiger partial charge is 0.317 e. The molecule has 5 heteroatoms. The molecule has 0 bridgehead atoms. The number of carbonyl (C=O) groups is 1. The van der Waals surface area contributed by atoms with E-state index in [2.05, 4.69) is 34.5 Å². The van der Waals surface area contributed by atoms with Gasteiger partial charge in [0.1, 0.15) is 5.82 Å². The number of rotatable bonds is 6. The Morgan fingerprint density at radius 1 is 0.806 bits per heavy atom. The first-order valence-electron chi connectivity index (χ1n) is 10.8. The average Bonchev–Trinajstić information content (AvgIpc) is 2.82. The van der Waals surface area contributed by atoms with Crippen LogP contribution in [0.15, 0.2) is 84.9 Å². The number of hydrogen-bond acceptors (Lipinski definition) is 2. The number of piperazine rings is 1. The maximum Gasteiger partial charge on any atom is 0.317 e. The van der Waals surface area contributed by atoms with Crippen LogP contribution < -0.4 is 5.32 Å². The lowest BCUT2D eigenvalue weighted by molar-refractivity contribution is 0.120. The van der Waals surface area contributed by atoms with Gasteiger partial charge in [0.05, 0.1) is 6.04 Å². The molecule has 1 aliphatic rings. The van der Waals surface area contributed by atoms with Crippen molar-refractivity contribution in [3.63, 3.8) is 0 Å². The zero-order chi connectivity index (χ0) is 21.5. The molecule has 31 heavy (non-hydrogen) atoms. The molecule has 4 nitrogen and oxygen atoms in total. The van der Waals surface area contributed by atoms with E-state index in [-0.39, 0.29) is 17.9 Å². The molecule has 4 rings (SSSR count). The van der Waals surface area contributed by atoms with E-state index < -0.39 is 0 Å². The van der Waals surface area contributed by atoms with E-state index in [1.165, 1.54) is 23.3 Å². The highest BCUT2D eigenvalue weighted by molar-refractivity contribution is 5.74. The number of hydrogen-bond donors (Lipinski definition) is 1. The number of amides is 2. The molecule has 3 aromatic carbocycles. The number of nitrogens with one attached hydrogen (secondary N) is 1. The van der Waals surface area contributed by atoms with Crippen LogP contribution in [0.3, 0.4) is 0 Å². The summed E-state index contributed by atoms with van der Waals surface area (Å²) in [5.41, 5.74) is 3.46. The van der Waals surface area contributed by atoms with E-state index in [0.717, 1.165) is 25.1 Å². The predicted octanol–water partition coefficient (Wildman–Crippen LogP) is 4.49. The first kappa shape index (κ1) is 21.1. The molecule has 0 radical (unpaired) electrons. The summed E-state index contributed by atoms with van der Waals surface area (Å²) in [4.78, 5) is 16.9. The largest absolute Gasteiger partial charge is 0.338 e. The van der Waals surface area contributed by atoms with Crippen molar-refractivity contribution in [2.45, 2.75) is 12.5 Å². The number of benzene rings is 3. The Kier molecular flexibility index (Phi) is 6.95. The van der Waals surface area contributed by atoms with Crippen LogP contribution in [-0.2, 0) is 6.42 Å². The van der Waals surface area contributed by atoms with Crippen molar-refractivity contribution in [3.05, 3.63) is 107 Å². The molecule has 0 aromatic heterocycles. The predicted molar refractivity (Wildman–Crippen MR) is 121 cm³/mol. The minimum Gasteiger partial charge on any atom is -0.338 e. The molecule has 1 unspecified atom stereocenters. The average molecular weight is 418 g/mol. The zero-order valence-electron chi connectivity index (χ0n) is 17.6. The van der Waals surface area contributed by atoms with Crippen molar-refractivity contribution in [3.8, 4) is 0 Å². The van der Waals surface area contributed by atoms with Gasteiger partial charge in [-0.2, -0.15) is 0 Å². The van der Waals surface area contributed by atoms with Gasteiger partial charge in [-0.25, -0.2) is 9.18 Å². The van der Waals surface area contributed by atoms with Crippen LogP contribution in [0.4, 0.5) is 9.18 Å². The third kappa shape index (κ3) is 5.50. The van der Waals surface area contributed by atoms with E-state index in [9.17, 15) is 9.18 Å². The number of urea groups is 1. The van der Waals surface area contributed by atoms with Gasteiger partial charge in [-0.15, -0.1) is 0 Å². The van der Waals surface area contributed by atoms with Crippen LogP contribution in [0.1, 0.15) is 22.7 Å². The van der Waals surface area contributed by atoms with E-state index in [0.29, 0.717) is 19.6 Å². The van der Waals surface area contributed by atoms with Crippen LogP contribution in [0.25, 0.3) is 0 Å². The van der Waals surface area contributed by atoms with Crippen molar-refractivity contribution >= 4 is 6.03 Å². The number of carbonyl (C=O) groups excluding carboxylic acids is 1. The molecular formula is C26H28FN3O. The molecule has 0 spiro atoms. The lowest BCUT2D eigenvalue weighted by Crippen LogP contribution is -2.52. The van der Waals surface area contributed by atoms with Gasteiger partial charge in [0.15, 0.2) is 0 Å². The van der Waals surface area contributed by atoms with E-state index in [1.54, 1.807) is 0 Å². The van der Waals surface area contributed by atoms with Crippen molar-refractivity contribution in [1.29, 1.82) is 0 Å². The van der Waals surface area contributed by atoms with Gasteiger partial charge in [-0.05, 0) is 35.2 Å². The third-order valence-corrected chi connectivity index (χ3v) is 5.80. The van der Waals surface area contributed by atoms with Crippen molar-refractivity contribution in [2.75, 3.05) is 32.7 Å².